The lowest BCUT2D eigenvalue weighted by Gasteiger charge is -2.16. The second-order valence-electron chi connectivity index (χ2n) is 4.31. The van der Waals surface area contributed by atoms with E-state index in [2.05, 4.69) is 18.2 Å². The maximum absolute atomic E-state index is 12.8. The molecular weight excluding hydrogens is 295 g/mol. The van der Waals surface area contributed by atoms with Crippen molar-refractivity contribution in [2.45, 2.75) is 6.92 Å². The highest BCUT2D eigenvalue weighted by atomic mass is 32.2. The Labute approximate surface area is 124 Å². The molecule has 0 aliphatic heterocycles. The Bertz CT molecular complexity index is 679. The van der Waals surface area contributed by atoms with Crippen LogP contribution in [0.2, 0.25) is 0 Å². The summed E-state index contributed by atoms with van der Waals surface area (Å²) < 4.78 is 41.8. The molecule has 1 aromatic carbocycles. The largest absolute Gasteiger partial charge is 0.443 e. The van der Waals surface area contributed by atoms with Crippen molar-refractivity contribution in [3.8, 4) is 0 Å². The highest BCUT2D eigenvalue weighted by Crippen LogP contribution is 2.15. The Morgan fingerprint density at radius 2 is 1.81 bits per heavy atom. The van der Waals surface area contributed by atoms with Gasteiger partial charge in [0.15, 0.2) is 5.90 Å². The number of ether oxygens (including phenoxy) is 1. The Morgan fingerprint density at radius 3 is 2.29 bits per heavy atom. The fraction of sp³-hybridized carbons (Fsp3) is 0.214. The molecule has 0 bridgehead atoms. The van der Waals surface area contributed by atoms with E-state index in [1.165, 1.54) is 38.2 Å². The molecule has 114 valence electrons. The molecule has 7 heteroatoms. The molecule has 0 amide bonds. The van der Waals surface area contributed by atoms with Gasteiger partial charge in [0.2, 0.25) is 10.0 Å². The zero-order chi connectivity index (χ0) is 16.2. The lowest BCUT2D eigenvalue weighted by atomic mass is 10.2. The summed E-state index contributed by atoms with van der Waals surface area (Å²) in [6.45, 7) is 8.80. The Balaban J connectivity index is 2.78. The first-order chi connectivity index (χ1) is 9.61. The van der Waals surface area contributed by atoms with Crippen molar-refractivity contribution in [2.75, 3.05) is 13.3 Å². The third kappa shape index (κ3) is 5.03. The number of aliphatic imine (C=N–C) groups is 1. The highest BCUT2D eigenvalue weighted by Gasteiger charge is 2.13. The highest BCUT2D eigenvalue weighted by molar-refractivity contribution is 7.88. The molecule has 0 N–H and O–H groups in total. The van der Waals surface area contributed by atoms with Gasteiger partial charge >= 0.3 is 0 Å². The fourth-order valence-corrected chi connectivity index (χ4v) is 1.76. The maximum Gasteiger partial charge on any atom is 0.233 e. The molecule has 21 heavy (non-hydrogen) atoms. The topological polar surface area (TPSA) is 59.0 Å². The molecule has 0 spiro atoms. The molecule has 0 aromatic heterocycles. The fourth-order valence-electron chi connectivity index (χ4n) is 1.34. The third-order valence-electron chi connectivity index (χ3n) is 2.58. The molecular formula is C14H17FN2O3S. The van der Waals surface area contributed by atoms with Crippen LogP contribution in [0, 0.1) is 5.82 Å². The molecule has 0 atom stereocenters. The molecule has 0 saturated carbocycles. The molecule has 1 aromatic rings. The molecule has 1 rings (SSSR count). The van der Waals surface area contributed by atoms with Crippen LogP contribution >= 0.6 is 0 Å². The molecule has 0 fully saturated rings. The molecule has 0 saturated heterocycles. The predicted molar refractivity (Wildman–Crippen MR) is 81.4 cm³/mol. The lowest BCUT2D eigenvalue weighted by molar-refractivity contribution is 0.494. The van der Waals surface area contributed by atoms with Crippen LogP contribution in [0.5, 0.6) is 0 Å². The average molecular weight is 312 g/mol. The number of nitrogens with zero attached hydrogens (tertiary/aromatic N) is 2. The molecule has 0 aliphatic carbocycles. The predicted octanol–water partition coefficient (Wildman–Crippen LogP) is 2.59. The van der Waals surface area contributed by atoms with Crippen LogP contribution in [0.1, 0.15) is 12.5 Å². The molecule has 0 unspecified atom stereocenters. The zero-order valence-electron chi connectivity index (χ0n) is 12.1. The van der Waals surface area contributed by atoms with Crippen molar-refractivity contribution in [3.63, 3.8) is 0 Å². The number of benzene rings is 1. The van der Waals surface area contributed by atoms with Crippen molar-refractivity contribution in [1.82, 2.24) is 4.31 Å². The smallest absolute Gasteiger partial charge is 0.233 e. The minimum absolute atomic E-state index is 0.0157. The van der Waals surface area contributed by atoms with E-state index in [0.717, 1.165) is 10.6 Å². The van der Waals surface area contributed by atoms with Gasteiger partial charge < -0.3 is 4.74 Å². The van der Waals surface area contributed by atoms with Gasteiger partial charge in [-0.3, -0.25) is 4.31 Å². The summed E-state index contributed by atoms with van der Waals surface area (Å²) in [5, 5.41) is 0. The Hall–Kier alpha value is -2.15. The van der Waals surface area contributed by atoms with Crippen LogP contribution in [-0.2, 0) is 14.8 Å². The van der Waals surface area contributed by atoms with Gasteiger partial charge in [0, 0.05) is 19.5 Å². The van der Waals surface area contributed by atoms with Crippen molar-refractivity contribution in [2.24, 2.45) is 4.99 Å². The van der Waals surface area contributed by atoms with Gasteiger partial charge in [-0.05, 0) is 24.3 Å². The first kappa shape index (κ1) is 16.9. The maximum atomic E-state index is 12.8. The summed E-state index contributed by atoms with van der Waals surface area (Å²) in [6, 6.07) is 5.60. The molecule has 0 heterocycles. The summed E-state index contributed by atoms with van der Waals surface area (Å²) >= 11 is 0. The van der Waals surface area contributed by atoms with E-state index < -0.39 is 10.0 Å². The number of hydrogen-bond donors (Lipinski definition) is 0. The van der Waals surface area contributed by atoms with Gasteiger partial charge in [0.25, 0.3) is 0 Å². The van der Waals surface area contributed by atoms with E-state index in [-0.39, 0.29) is 23.3 Å². The van der Waals surface area contributed by atoms with E-state index in [1.807, 2.05) is 0 Å². The third-order valence-corrected chi connectivity index (χ3v) is 3.79. The van der Waals surface area contributed by atoms with Gasteiger partial charge in [0.1, 0.15) is 17.4 Å². The van der Waals surface area contributed by atoms with Crippen LogP contribution < -0.4 is 0 Å². The lowest BCUT2D eigenvalue weighted by Crippen LogP contribution is -2.24. The number of hydrogen-bond acceptors (Lipinski definition) is 4. The first-order valence-electron chi connectivity index (χ1n) is 5.92. The summed E-state index contributed by atoms with van der Waals surface area (Å²) in [6.07, 6.45) is 1.04. The van der Waals surface area contributed by atoms with Crippen LogP contribution in [0.4, 0.5) is 4.39 Å². The van der Waals surface area contributed by atoms with Gasteiger partial charge in [-0.1, -0.05) is 13.2 Å². The Kier molecular flexibility index (Phi) is 5.26. The SMILES string of the molecule is C=C(OC(C)=NC(=C)N(C)S(C)(=O)=O)c1ccc(F)cc1. The summed E-state index contributed by atoms with van der Waals surface area (Å²) in [5.74, 6) is 0.0953. The first-order valence-corrected chi connectivity index (χ1v) is 7.77. The van der Waals surface area contributed by atoms with Crippen molar-refractivity contribution in [1.29, 1.82) is 0 Å². The number of sulfonamides is 1. The monoisotopic (exact) mass is 312 g/mol. The zero-order valence-corrected chi connectivity index (χ0v) is 12.9. The standard InChI is InChI=1S/C14H17FN2O3S/c1-10(13-6-8-14(15)9-7-13)20-12(3)16-11(2)17(4)21(5,18)19/h6-9H,1-2H2,3-5H3. The van der Waals surface area contributed by atoms with Crippen LogP contribution in [0.15, 0.2) is 48.2 Å². The molecule has 5 nitrogen and oxygen atoms in total. The summed E-state index contributed by atoms with van der Waals surface area (Å²) in [7, 11) is -2.09. The number of halogens is 1. The quantitative estimate of drug-likeness (QED) is 0.477. The molecule has 0 aliphatic rings. The minimum Gasteiger partial charge on any atom is -0.443 e. The summed E-state index contributed by atoms with van der Waals surface area (Å²) in [5.41, 5.74) is 0.591. The Morgan fingerprint density at radius 1 is 1.29 bits per heavy atom. The van der Waals surface area contributed by atoms with Gasteiger partial charge in [0.05, 0.1) is 6.26 Å². The number of rotatable bonds is 5. The van der Waals surface area contributed by atoms with Crippen LogP contribution in [-0.4, -0.2) is 31.9 Å². The van der Waals surface area contributed by atoms with E-state index >= 15 is 0 Å². The van der Waals surface area contributed by atoms with Crippen molar-refractivity contribution in [3.05, 3.63) is 54.6 Å². The minimum atomic E-state index is -3.43. The van der Waals surface area contributed by atoms with Gasteiger partial charge in [-0.15, -0.1) is 0 Å². The van der Waals surface area contributed by atoms with Crippen molar-refractivity contribution >= 4 is 21.7 Å². The van der Waals surface area contributed by atoms with E-state index in [9.17, 15) is 12.8 Å². The summed E-state index contributed by atoms with van der Waals surface area (Å²) in [4.78, 5) is 3.94. The van der Waals surface area contributed by atoms with Crippen LogP contribution in [0.25, 0.3) is 5.76 Å². The van der Waals surface area contributed by atoms with E-state index in [0.29, 0.717) is 5.56 Å². The van der Waals surface area contributed by atoms with Crippen LogP contribution in [0.3, 0.4) is 0 Å². The second kappa shape index (κ2) is 6.53. The van der Waals surface area contributed by atoms with Crippen molar-refractivity contribution < 1.29 is 17.5 Å². The van der Waals surface area contributed by atoms with E-state index in [1.54, 1.807) is 0 Å². The van der Waals surface area contributed by atoms with Gasteiger partial charge in [-0.2, -0.15) is 4.99 Å². The van der Waals surface area contributed by atoms with Gasteiger partial charge in [-0.25, -0.2) is 12.8 Å². The van der Waals surface area contributed by atoms with E-state index in [4.69, 9.17) is 4.74 Å². The second-order valence-corrected chi connectivity index (χ2v) is 6.32. The molecule has 0 radical (unpaired) electrons. The normalized spacial score (nSPS) is 11.9. The average Bonchev–Trinajstić information content (AvgIpc) is 2.37.